The highest BCUT2D eigenvalue weighted by Gasteiger charge is 2.41. The van der Waals surface area contributed by atoms with E-state index in [0.29, 0.717) is 17.6 Å². The molecule has 2 atom stereocenters. The first-order valence-corrected chi connectivity index (χ1v) is 3.99. The number of carbonyl (C=O) groups excluding carboxylic acids is 1. The molecule has 2 aliphatic carbocycles. The quantitative estimate of drug-likeness (QED) is 0.465. The van der Waals surface area contributed by atoms with Gasteiger partial charge in [0.15, 0.2) is 0 Å². The van der Waals surface area contributed by atoms with Crippen LogP contribution in [0.1, 0.15) is 26.2 Å². The Kier molecular flexibility index (Phi) is 1.19. The van der Waals surface area contributed by atoms with Crippen LogP contribution in [0.25, 0.3) is 0 Å². The summed E-state index contributed by atoms with van der Waals surface area (Å²) in [5.41, 5.74) is 1.40. The number of ketones is 1. The van der Waals surface area contributed by atoms with Crippen LogP contribution in [0.2, 0.25) is 0 Å². The largest absolute Gasteiger partial charge is 0.299 e. The van der Waals surface area contributed by atoms with Gasteiger partial charge in [-0.1, -0.05) is 11.6 Å². The molecular weight excluding hydrogens is 124 g/mol. The Labute approximate surface area is 61.1 Å². The van der Waals surface area contributed by atoms with Crippen molar-refractivity contribution in [3.05, 3.63) is 11.6 Å². The summed E-state index contributed by atoms with van der Waals surface area (Å²) in [6.07, 6.45) is 5.34. The number of hydrogen-bond donors (Lipinski definition) is 0. The maximum absolute atomic E-state index is 11.2. The third kappa shape index (κ3) is 0.664. The van der Waals surface area contributed by atoms with Gasteiger partial charge in [0.1, 0.15) is 5.78 Å². The van der Waals surface area contributed by atoms with Crippen molar-refractivity contribution in [1.82, 2.24) is 0 Å². The van der Waals surface area contributed by atoms with E-state index < -0.39 is 0 Å². The molecular formula is C9H12O. The topological polar surface area (TPSA) is 17.1 Å². The second-order valence-electron chi connectivity index (χ2n) is 3.39. The van der Waals surface area contributed by atoms with Crippen molar-refractivity contribution in [3.8, 4) is 0 Å². The molecule has 54 valence electrons. The van der Waals surface area contributed by atoms with Crippen LogP contribution in [0.4, 0.5) is 0 Å². The molecule has 0 aromatic carbocycles. The van der Waals surface area contributed by atoms with Crippen LogP contribution in [-0.2, 0) is 4.79 Å². The van der Waals surface area contributed by atoms with Gasteiger partial charge in [0.05, 0.1) is 0 Å². The van der Waals surface area contributed by atoms with Crippen molar-refractivity contribution in [1.29, 1.82) is 0 Å². The molecule has 0 aromatic rings. The summed E-state index contributed by atoms with van der Waals surface area (Å²) in [7, 11) is 0. The van der Waals surface area contributed by atoms with Crippen molar-refractivity contribution < 1.29 is 4.79 Å². The van der Waals surface area contributed by atoms with E-state index in [0.717, 1.165) is 12.8 Å². The average Bonchev–Trinajstić information content (AvgIpc) is 2.44. The fourth-order valence-electron chi connectivity index (χ4n) is 2.28. The van der Waals surface area contributed by atoms with Gasteiger partial charge in [-0.2, -0.15) is 0 Å². The highest BCUT2D eigenvalue weighted by Crippen LogP contribution is 2.45. The molecule has 0 saturated heterocycles. The van der Waals surface area contributed by atoms with E-state index in [1.54, 1.807) is 0 Å². The molecule has 2 saturated carbocycles. The first kappa shape index (κ1) is 6.14. The maximum Gasteiger partial charge on any atom is 0.140 e. The number of allylic oxidation sites excluding steroid dienone is 2. The second-order valence-corrected chi connectivity index (χ2v) is 3.39. The van der Waals surface area contributed by atoms with Gasteiger partial charge in [-0.25, -0.2) is 0 Å². The van der Waals surface area contributed by atoms with E-state index in [9.17, 15) is 4.79 Å². The van der Waals surface area contributed by atoms with Gasteiger partial charge in [-0.05, 0) is 25.7 Å². The molecule has 2 fully saturated rings. The van der Waals surface area contributed by atoms with Crippen molar-refractivity contribution in [3.63, 3.8) is 0 Å². The lowest BCUT2D eigenvalue weighted by Crippen LogP contribution is -2.10. The summed E-state index contributed by atoms with van der Waals surface area (Å²) < 4.78 is 0. The Morgan fingerprint density at radius 2 is 2.30 bits per heavy atom. The Hall–Kier alpha value is -0.590. The Morgan fingerprint density at radius 1 is 1.50 bits per heavy atom. The van der Waals surface area contributed by atoms with Crippen LogP contribution in [-0.4, -0.2) is 5.78 Å². The van der Waals surface area contributed by atoms with Crippen LogP contribution in [0.15, 0.2) is 11.6 Å². The lowest BCUT2D eigenvalue weighted by Gasteiger charge is -2.10. The standard InChI is InChI=1S/C9H12O/c1-2-7-3-6-4-8(7)9(10)5-6/h2,6,8H,3-5H2,1H3/b7-2-. The van der Waals surface area contributed by atoms with Gasteiger partial charge in [0.25, 0.3) is 0 Å². The lowest BCUT2D eigenvalue weighted by atomic mass is 9.94. The normalized spacial score (nSPS) is 41.7. The van der Waals surface area contributed by atoms with Crippen molar-refractivity contribution in [2.45, 2.75) is 26.2 Å². The molecule has 2 unspecified atom stereocenters. The second kappa shape index (κ2) is 1.94. The maximum atomic E-state index is 11.2. The molecule has 0 aliphatic heterocycles. The zero-order chi connectivity index (χ0) is 7.14. The fraction of sp³-hybridized carbons (Fsp3) is 0.667. The summed E-state index contributed by atoms with van der Waals surface area (Å²) in [4.78, 5) is 11.2. The van der Waals surface area contributed by atoms with Gasteiger partial charge >= 0.3 is 0 Å². The lowest BCUT2D eigenvalue weighted by molar-refractivity contribution is -0.120. The Bertz CT molecular complexity index is 203. The van der Waals surface area contributed by atoms with Crippen molar-refractivity contribution in [2.24, 2.45) is 11.8 Å². The molecule has 0 aromatic heterocycles. The highest BCUT2D eigenvalue weighted by atomic mass is 16.1. The SMILES string of the molecule is C/C=C1/CC2CC(=O)C1C2. The van der Waals surface area contributed by atoms with Crippen LogP contribution in [0.5, 0.6) is 0 Å². The number of fused-ring (bicyclic) bond motifs is 2. The minimum Gasteiger partial charge on any atom is -0.299 e. The highest BCUT2D eigenvalue weighted by molar-refractivity contribution is 5.87. The molecule has 10 heavy (non-hydrogen) atoms. The summed E-state index contributed by atoms with van der Waals surface area (Å²) in [5.74, 6) is 1.54. The molecule has 0 spiro atoms. The van der Waals surface area contributed by atoms with Gasteiger partial charge in [0, 0.05) is 12.3 Å². The summed E-state index contributed by atoms with van der Waals surface area (Å²) in [6.45, 7) is 2.04. The fourth-order valence-corrected chi connectivity index (χ4v) is 2.28. The Balaban J connectivity index is 2.28. The third-order valence-corrected chi connectivity index (χ3v) is 2.79. The smallest absolute Gasteiger partial charge is 0.140 e. The molecule has 0 amide bonds. The van der Waals surface area contributed by atoms with E-state index in [2.05, 4.69) is 6.08 Å². The molecule has 0 radical (unpaired) electrons. The van der Waals surface area contributed by atoms with E-state index in [-0.39, 0.29) is 0 Å². The van der Waals surface area contributed by atoms with Gasteiger partial charge in [-0.3, -0.25) is 4.79 Å². The summed E-state index contributed by atoms with van der Waals surface area (Å²) in [6, 6.07) is 0. The molecule has 0 heterocycles. The van der Waals surface area contributed by atoms with Crippen molar-refractivity contribution in [2.75, 3.05) is 0 Å². The van der Waals surface area contributed by atoms with E-state index in [1.807, 2.05) is 6.92 Å². The molecule has 2 bridgehead atoms. The van der Waals surface area contributed by atoms with Crippen LogP contribution in [0.3, 0.4) is 0 Å². The minimum absolute atomic E-state index is 0.343. The zero-order valence-corrected chi connectivity index (χ0v) is 6.26. The molecule has 2 aliphatic rings. The predicted molar refractivity (Wildman–Crippen MR) is 39.6 cm³/mol. The number of hydrogen-bond acceptors (Lipinski definition) is 1. The monoisotopic (exact) mass is 136 g/mol. The van der Waals surface area contributed by atoms with Gasteiger partial charge in [0.2, 0.25) is 0 Å². The van der Waals surface area contributed by atoms with Crippen LogP contribution < -0.4 is 0 Å². The average molecular weight is 136 g/mol. The summed E-state index contributed by atoms with van der Waals surface area (Å²) >= 11 is 0. The number of rotatable bonds is 0. The predicted octanol–water partition coefficient (Wildman–Crippen LogP) is 1.93. The van der Waals surface area contributed by atoms with Crippen LogP contribution >= 0.6 is 0 Å². The number of Topliss-reactive ketones (excluding diaryl/α,β-unsaturated/α-hetero) is 1. The summed E-state index contributed by atoms with van der Waals surface area (Å²) in [5, 5.41) is 0. The molecule has 0 N–H and O–H groups in total. The Morgan fingerprint density at radius 3 is 2.70 bits per heavy atom. The van der Waals surface area contributed by atoms with E-state index >= 15 is 0 Å². The third-order valence-electron chi connectivity index (χ3n) is 2.79. The van der Waals surface area contributed by atoms with Gasteiger partial charge in [-0.15, -0.1) is 0 Å². The molecule has 1 heteroatoms. The van der Waals surface area contributed by atoms with Gasteiger partial charge < -0.3 is 0 Å². The first-order chi connectivity index (χ1) is 4.81. The zero-order valence-electron chi connectivity index (χ0n) is 6.26. The van der Waals surface area contributed by atoms with Crippen LogP contribution in [0, 0.1) is 11.8 Å². The van der Waals surface area contributed by atoms with Crippen molar-refractivity contribution >= 4 is 5.78 Å². The van der Waals surface area contributed by atoms with E-state index in [4.69, 9.17) is 0 Å². The first-order valence-electron chi connectivity index (χ1n) is 3.99. The van der Waals surface area contributed by atoms with E-state index in [1.165, 1.54) is 12.0 Å². The molecule has 1 nitrogen and oxygen atoms in total. The minimum atomic E-state index is 0.343. The molecule has 2 rings (SSSR count). The number of carbonyl (C=O) groups is 1.